The van der Waals surface area contributed by atoms with Crippen molar-refractivity contribution in [2.24, 2.45) is 0 Å². The second-order valence-electron chi connectivity index (χ2n) is 2.91. The zero-order valence-electron chi connectivity index (χ0n) is 9.20. The van der Waals surface area contributed by atoms with Crippen molar-refractivity contribution < 1.29 is 14.6 Å². The summed E-state index contributed by atoms with van der Waals surface area (Å²) in [5.41, 5.74) is 0.837. The molecule has 0 aromatic heterocycles. The van der Waals surface area contributed by atoms with E-state index in [9.17, 15) is 0 Å². The number of hydrogen-bond acceptors (Lipinski definition) is 4. The minimum absolute atomic E-state index is 0.502. The van der Waals surface area contributed by atoms with Gasteiger partial charge in [0.2, 0.25) is 0 Å². The van der Waals surface area contributed by atoms with Crippen LogP contribution in [0.4, 0.5) is 0 Å². The Kier molecular flexibility index (Phi) is 6.88. The molecule has 0 radical (unpaired) electrons. The van der Waals surface area contributed by atoms with Gasteiger partial charge in [0.1, 0.15) is 12.0 Å². The zero-order valence-corrected chi connectivity index (χ0v) is 9.20. The minimum Gasteiger partial charge on any atom is -0.497 e. The fourth-order valence-electron chi connectivity index (χ4n) is 0.951. The third kappa shape index (κ3) is 6.51. The molecule has 4 nitrogen and oxygen atoms in total. The van der Waals surface area contributed by atoms with Crippen LogP contribution in [0.1, 0.15) is 13.8 Å². The maximum Gasteiger partial charge on any atom is 0.121 e. The Bertz CT molecular complexity index is 209. The molecule has 0 spiro atoms. The van der Waals surface area contributed by atoms with Crippen LogP contribution >= 0.6 is 0 Å². The van der Waals surface area contributed by atoms with Crippen LogP contribution in [0, 0.1) is 0 Å². The molecule has 0 aliphatic rings. The average Bonchev–Trinajstić information content (AvgIpc) is 2.10. The summed E-state index contributed by atoms with van der Waals surface area (Å²) in [5, 5.41) is 11.9. The molecule has 0 saturated carbocycles. The number of aliphatic hydroxyl groups excluding tert-OH is 1. The van der Waals surface area contributed by atoms with Crippen LogP contribution in [-0.2, 0) is 9.47 Å². The van der Waals surface area contributed by atoms with E-state index in [4.69, 9.17) is 14.6 Å². The molecule has 0 aromatic carbocycles. The molecule has 1 unspecified atom stereocenters. The summed E-state index contributed by atoms with van der Waals surface area (Å²) in [4.78, 5) is 0. The third-order valence-electron chi connectivity index (χ3n) is 1.48. The van der Waals surface area contributed by atoms with Gasteiger partial charge in [0.05, 0.1) is 13.7 Å². The van der Waals surface area contributed by atoms with Crippen molar-refractivity contribution in [1.82, 2.24) is 5.32 Å². The van der Waals surface area contributed by atoms with Gasteiger partial charge in [-0.2, -0.15) is 0 Å². The molecule has 14 heavy (non-hydrogen) atoms. The Hall–Kier alpha value is -1.00. The first-order valence-electron chi connectivity index (χ1n) is 4.46. The van der Waals surface area contributed by atoms with Crippen LogP contribution in [0.25, 0.3) is 0 Å². The SMILES string of the molecule is COC/C=C(\C=C(/C)NC(C)O)OC. The Morgan fingerprint density at radius 2 is 2.14 bits per heavy atom. The summed E-state index contributed by atoms with van der Waals surface area (Å²) in [6.45, 7) is 4.01. The molecule has 0 heterocycles. The Morgan fingerprint density at radius 3 is 2.57 bits per heavy atom. The number of ether oxygens (including phenoxy) is 2. The van der Waals surface area contributed by atoms with Crippen LogP contribution in [-0.4, -0.2) is 32.2 Å². The first-order chi connectivity index (χ1) is 6.60. The van der Waals surface area contributed by atoms with Crippen molar-refractivity contribution in [1.29, 1.82) is 0 Å². The van der Waals surface area contributed by atoms with Gasteiger partial charge in [-0.05, 0) is 26.0 Å². The van der Waals surface area contributed by atoms with E-state index in [1.165, 1.54) is 0 Å². The van der Waals surface area contributed by atoms with Gasteiger partial charge in [0, 0.05) is 12.8 Å². The van der Waals surface area contributed by atoms with E-state index in [1.807, 2.05) is 13.0 Å². The largest absolute Gasteiger partial charge is 0.497 e. The summed E-state index contributed by atoms with van der Waals surface area (Å²) >= 11 is 0. The fourth-order valence-corrected chi connectivity index (χ4v) is 0.951. The van der Waals surface area contributed by atoms with Crippen LogP contribution in [0.2, 0.25) is 0 Å². The Labute approximate surface area is 85.2 Å². The molecular formula is C10H19NO3. The molecule has 0 amide bonds. The van der Waals surface area contributed by atoms with Crippen LogP contribution in [0.5, 0.6) is 0 Å². The van der Waals surface area contributed by atoms with E-state index in [-0.39, 0.29) is 0 Å². The van der Waals surface area contributed by atoms with Crippen LogP contribution < -0.4 is 5.32 Å². The average molecular weight is 201 g/mol. The van der Waals surface area contributed by atoms with Gasteiger partial charge in [0.15, 0.2) is 0 Å². The molecule has 82 valence electrons. The molecule has 2 N–H and O–H groups in total. The highest BCUT2D eigenvalue weighted by atomic mass is 16.5. The lowest BCUT2D eigenvalue weighted by Gasteiger charge is -2.09. The van der Waals surface area contributed by atoms with Crippen molar-refractivity contribution in [3.63, 3.8) is 0 Å². The molecule has 0 bridgehead atoms. The van der Waals surface area contributed by atoms with Crippen molar-refractivity contribution in [2.45, 2.75) is 20.1 Å². The molecule has 0 saturated heterocycles. The maximum atomic E-state index is 9.05. The minimum atomic E-state index is -0.563. The van der Waals surface area contributed by atoms with Gasteiger partial charge >= 0.3 is 0 Å². The van der Waals surface area contributed by atoms with Gasteiger partial charge in [0.25, 0.3) is 0 Å². The summed E-state index contributed by atoms with van der Waals surface area (Å²) < 4.78 is 9.97. The van der Waals surface area contributed by atoms with Gasteiger partial charge in [-0.3, -0.25) is 0 Å². The predicted molar refractivity (Wildman–Crippen MR) is 55.5 cm³/mol. The summed E-state index contributed by atoms with van der Waals surface area (Å²) in [6.07, 6.45) is 3.05. The fraction of sp³-hybridized carbons (Fsp3) is 0.600. The molecular weight excluding hydrogens is 182 g/mol. The number of nitrogens with one attached hydrogen (secondary N) is 1. The highest BCUT2D eigenvalue weighted by molar-refractivity contribution is 5.16. The summed E-state index contributed by atoms with van der Waals surface area (Å²) in [5.74, 6) is 0.706. The topological polar surface area (TPSA) is 50.7 Å². The molecule has 0 aliphatic heterocycles. The molecule has 0 rings (SSSR count). The number of rotatable bonds is 6. The Morgan fingerprint density at radius 1 is 1.50 bits per heavy atom. The van der Waals surface area contributed by atoms with Gasteiger partial charge in [-0.25, -0.2) is 0 Å². The van der Waals surface area contributed by atoms with E-state index < -0.39 is 6.23 Å². The van der Waals surface area contributed by atoms with Gasteiger partial charge < -0.3 is 19.9 Å². The predicted octanol–water partition coefficient (Wildman–Crippen LogP) is 0.995. The number of hydrogen-bond donors (Lipinski definition) is 2. The molecule has 0 aliphatic carbocycles. The second-order valence-corrected chi connectivity index (χ2v) is 2.91. The lowest BCUT2D eigenvalue weighted by Crippen LogP contribution is -2.23. The lowest BCUT2D eigenvalue weighted by atomic mass is 10.3. The van der Waals surface area contributed by atoms with Crippen molar-refractivity contribution >= 4 is 0 Å². The summed E-state index contributed by atoms with van der Waals surface area (Å²) in [7, 11) is 3.21. The first-order valence-corrected chi connectivity index (χ1v) is 4.46. The molecule has 1 atom stereocenters. The smallest absolute Gasteiger partial charge is 0.121 e. The molecule has 0 fully saturated rings. The number of allylic oxidation sites excluding steroid dienone is 2. The highest BCUT2D eigenvalue weighted by Crippen LogP contribution is 2.01. The second kappa shape index (κ2) is 7.41. The van der Waals surface area contributed by atoms with E-state index in [0.717, 1.165) is 5.70 Å². The summed E-state index contributed by atoms with van der Waals surface area (Å²) in [6, 6.07) is 0. The lowest BCUT2D eigenvalue weighted by molar-refractivity contribution is 0.169. The molecule has 0 aromatic rings. The first kappa shape index (κ1) is 13.0. The van der Waals surface area contributed by atoms with Crippen LogP contribution in [0.3, 0.4) is 0 Å². The number of methoxy groups -OCH3 is 2. The van der Waals surface area contributed by atoms with Crippen molar-refractivity contribution in [3.8, 4) is 0 Å². The van der Waals surface area contributed by atoms with Gasteiger partial charge in [-0.15, -0.1) is 0 Å². The standard InChI is InChI=1S/C10H19NO3/c1-8(11-9(2)12)7-10(14-4)5-6-13-3/h5,7,9,11-12H,6H2,1-4H3/b8-7+,10-5+. The van der Waals surface area contributed by atoms with Crippen LogP contribution in [0.15, 0.2) is 23.6 Å². The van der Waals surface area contributed by atoms with E-state index in [0.29, 0.717) is 12.4 Å². The zero-order chi connectivity index (χ0) is 11.0. The van der Waals surface area contributed by atoms with E-state index in [1.54, 1.807) is 27.2 Å². The number of aliphatic hydroxyl groups is 1. The van der Waals surface area contributed by atoms with Crippen molar-refractivity contribution in [3.05, 3.63) is 23.6 Å². The maximum absolute atomic E-state index is 9.05. The van der Waals surface area contributed by atoms with E-state index >= 15 is 0 Å². The quantitative estimate of drug-likeness (QED) is 0.382. The Balaban J connectivity index is 4.26. The third-order valence-corrected chi connectivity index (χ3v) is 1.48. The van der Waals surface area contributed by atoms with Crippen molar-refractivity contribution in [2.75, 3.05) is 20.8 Å². The normalized spacial score (nSPS) is 15.2. The molecule has 4 heteroatoms. The highest BCUT2D eigenvalue weighted by Gasteiger charge is 1.96. The van der Waals surface area contributed by atoms with E-state index in [2.05, 4.69) is 5.32 Å². The monoisotopic (exact) mass is 201 g/mol. The van der Waals surface area contributed by atoms with Gasteiger partial charge in [-0.1, -0.05) is 0 Å².